The van der Waals surface area contributed by atoms with Gasteiger partial charge in [-0.25, -0.2) is 4.98 Å². The third-order valence-corrected chi connectivity index (χ3v) is 8.94. The van der Waals surface area contributed by atoms with Gasteiger partial charge in [0.1, 0.15) is 16.7 Å². The number of ether oxygens (including phenoxy) is 1. The second kappa shape index (κ2) is 17.7. The second-order valence-corrected chi connectivity index (χ2v) is 13.2. The number of nitrogens with zero attached hydrogens (tertiary/aromatic N) is 2. The van der Waals surface area contributed by atoms with Crippen LogP contribution in [0.3, 0.4) is 0 Å². The first-order valence-electron chi connectivity index (χ1n) is 15.5. The summed E-state index contributed by atoms with van der Waals surface area (Å²) in [5, 5.41) is 17.5. The van der Waals surface area contributed by atoms with Crippen molar-refractivity contribution in [2.45, 2.75) is 98.4 Å². The Balaban J connectivity index is 2.30. The predicted molar refractivity (Wildman–Crippen MR) is 177 cm³/mol. The Hall–Kier alpha value is -3.73. The number of likely N-dealkylation sites (N-methyl/N-ethyl adjacent to an activating group) is 1. The molecule has 2 aromatic rings. The van der Waals surface area contributed by atoms with Crippen LogP contribution < -0.4 is 10.6 Å². The molecule has 3 amide bonds. The summed E-state index contributed by atoms with van der Waals surface area (Å²) in [7, 11) is 1.74. The van der Waals surface area contributed by atoms with Gasteiger partial charge in [0.15, 0.2) is 6.10 Å². The standard InChI is InChI=1S/C34H50N4O6S/c1-10-22(6)30(35-24(8)39)33(41)38(9)28(20(2)3)18-29(44-21(4)5)32-37-27(19-45-32)31(40)36-26(16-23(7)34(42)43)17-25-14-12-11-13-15-25/h11-15,19-20,22-23,26,28-30H,4,10,16-18H2,1-3,5-9H3,(H,35,39)(H,36,40)(H,42,43)/t22-,23-,26+,28?,29?,30-/m0/s1. The number of aliphatic carboxylic acids is 1. The number of hydrogen-bond acceptors (Lipinski definition) is 7. The fraction of sp³-hybridized carbons (Fsp3) is 0.559. The van der Waals surface area contributed by atoms with Crippen molar-refractivity contribution in [2.75, 3.05) is 7.05 Å². The van der Waals surface area contributed by atoms with Gasteiger partial charge in [-0.05, 0) is 37.2 Å². The van der Waals surface area contributed by atoms with Gasteiger partial charge in [-0.15, -0.1) is 11.3 Å². The molecule has 0 aliphatic heterocycles. The zero-order valence-electron chi connectivity index (χ0n) is 27.8. The summed E-state index contributed by atoms with van der Waals surface area (Å²) in [5.41, 5.74) is 1.20. The van der Waals surface area contributed by atoms with Crippen LogP contribution in [-0.4, -0.2) is 63.9 Å². The van der Waals surface area contributed by atoms with Crippen molar-refractivity contribution in [1.82, 2.24) is 20.5 Å². The molecule has 0 bridgehead atoms. The number of rotatable bonds is 18. The number of aromatic nitrogens is 1. The van der Waals surface area contributed by atoms with Crippen molar-refractivity contribution in [1.29, 1.82) is 0 Å². The van der Waals surface area contributed by atoms with Crippen LogP contribution in [-0.2, 0) is 25.5 Å². The van der Waals surface area contributed by atoms with Crippen LogP contribution in [0.5, 0.6) is 0 Å². The summed E-state index contributed by atoms with van der Waals surface area (Å²) >= 11 is 1.28. The van der Waals surface area contributed by atoms with E-state index in [2.05, 4.69) is 22.2 Å². The van der Waals surface area contributed by atoms with E-state index in [4.69, 9.17) is 4.74 Å². The van der Waals surface area contributed by atoms with Crippen LogP contribution in [0, 0.1) is 17.8 Å². The highest BCUT2D eigenvalue weighted by molar-refractivity contribution is 7.09. The van der Waals surface area contributed by atoms with Crippen molar-refractivity contribution >= 4 is 35.0 Å². The van der Waals surface area contributed by atoms with Crippen LogP contribution in [0.25, 0.3) is 0 Å². The first-order valence-corrected chi connectivity index (χ1v) is 16.4. The lowest BCUT2D eigenvalue weighted by Crippen LogP contribution is -2.54. The van der Waals surface area contributed by atoms with E-state index in [1.54, 1.807) is 31.2 Å². The molecule has 2 unspecified atom stereocenters. The lowest BCUT2D eigenvalue weighted by atomic mass is 9.93. The van der Waals surface area contributed by atoms with E-state index in [0.29, 0.717) is 23.6 Å². The maximum atomic E-state index is 13.7. The molecular weight excluding hydrogens is 592 g/mol. The molecule has 1 aromatic heterocycles. The maximum Gasteiger partial charge on any atom is 0.306 e. The molecule has 2 rings (SSSR count). The van der Waals surface area contributed by atoms with Gasteiger partial charge >= 0.3 is 5.97 Å². The summed E-state index contributed by atoms with van der Waals surface area (Å²) in [6, 6.07) is 8.27. The van der Waals surface area contributed by atoms with Crippen LogP contribution in [0.2, 0.25) is 0 Å². The van der Waals surface area contributed by atoms with E-state index in [0.717, 1.165) is 12.0 Å². The van der Waals surface area contributed by atoms with Crippen molar-refractivity contribution in [3.8, 4) is 0 Å². The average molecular weight is 643 g/mol. The monoisotopic (exact) mass is 642 g/mol. The van der Waals surface area contributed by atoms with Gasteiger partial charge < -0.3 is 25.4 Å². The molecular formula is C34H50N4O6S. The van der Waals surface area contributed by atoms with Gasteiger partial charge in [0, 0.05) is 37.9 Å². The van der Waals surface area contributed by atoms with Crippen molar-refractivity contribution in [3.05, 3.63) is 64.3 Å². The largest absolute Gasteiger partial charge is 0.488 e. The summed E-state index contributed by atoms with van der Waals surface area (Å²) in [6.07, 6.45) is 1.29. The summed E-state index contributed by atoms with van der Waals surface area (Å²) < 4.78 is 6.12. The zero-order valence-corrected chi connectivity index (χ0v) is 28.6. The number of hydrogen-bond donors (Lipinski definition) is 3. The molecule has 0 aliphatic carbocycles. The molecule has 0 saturated heterocycles. The van der Waals surface area contributed by atoms with Gasteiger partial charge in [-0.1, -0.05) is 78.0 Å². The van der Waals surface area contributed by atoms with Crippen molar-refractivity contribution in [3.63, 3.8) is 0 Å². The summed E-state index contributed by atoms with van der Waals surface area (Å²) in [5.74, 6) is -1.93. The van der Waals surface area contributed by atoms with Crippen molar-refractivity contribution < 1.29 is 29.0 Å². The molecule has 45 heavy (non-hydrogen) atoms. The van der Waals surface area contributed by atoms with Crippen LogP contribution >= 0.6 is 11.3 Å². The first kappa shape index (κ1) is 37.5. The molecule has 0 spiro atoms. The minimum Gasteiger partial charge on any atom is -0.488 e. The molecule has 3 N–H and O–H groups in total. The molecule has 0 aliphatic rings. The Kier molecular flexibility index (Phi) is 14.7. The lowest BCUT2D eigenvalue weighted by molar-refractivity contribution is -0.141. The third kappa shape index (κ3) is 11.6. The normalized spacial score (nSPS) is 15.2. The Bertz CT molecular complexity index is 1300. The highest BCUT2D eigenvalue weighted by Crippen LogP contribution is 2.32. The summed E-state index contributed by atoms with van der Waals surface area (Å²) in [6.45, 7) is 16.7. The summed E-state index contributed by atoms with van der Waals surface area (Å²) in [4.78, 5) is 56.8. The number of carbonyl (C=O) groups is 4. The molecule has 1 heterocycles. The molecule has 1 aromatic carbocycles. The number of carboxylic acids is 1. The van der Waals surface area contributed by atoms with Gasteiger partial charge in [0.05, 0.1) is 11.7 Å². The fourth-order valence-corrected chi connectivity index (χ4v) is 6.08. The van der Waals surface area contributed by atoms with E-state index >= 15 is 0 Å². The highest BCUT2D eigenvalue weighted by Gasteiger charge is 2.35. The topological polar surface area (TPSA) is 138 Å². The van der Waals surface area contributed by atoms with Crippen molar-refractivity contribution in [2.24, 2.45) is 17.8 Å². The van der Waals surface area contributed by atoms with Gasteiger partial charge in [0.2, 0.25) is 11.8 Å². The third-order valence-electron chi connectivity index (χ3n) is 8.00. The number of amides is 3. The van der Waals surface area contributed by atoms with E-state index in [9.17, 15) is 24.3 Å². The number of carbonyl (C=O) groups excluding carboxylic acids is 3. The minimum atomic E-state index is -0.922. The molecule has 6 atom stereocenters. The zero-order chi connectivity index (χ0) is 33.8. The van der Waals surface area contributed by atoms with Crippen LogP contribution in [0.1, 0.15) is 94.9 Å². The first-order chi connectivity index (χ1) is 21.1. The Morgan fingerprint density at radius 2 is 1.69 bits per heavy atom. The number of allylic oxidation sites excluding steroid dienone is 1. The van der Waals surface area contributed by atoms with Crippen LogP contribution in [0.4, 0.5) is 0 Å². The van der Waals surface area contributed by atoms with E-state index in [-0.39, 0.29) is 41.8 Å². The SMILES string of the molecule is C=C(C)OC(CC(C(C)C)N(C)C(=O)[C@@H](NC(C)=O)[C@@H](C)CC)c1nc(C(=O)N[C@@H](Cc2ccccc2)C[C@H](C)C(=O)O)cs1. The van der Waals surface area contributed by atoms with E-state index in [1.165, 1.54) is 18.3 Å². The van der Waals surface area contributed by atoms with E-state index in [1.807, 2.05) is 58.0 Å². The Morgan fingerprint density at radius 1 is 1.04 bits per heavy atom. The molecule has 11 heteroatoms. The Labute approximate surface area is 271 Å². The Morgan fingerprint density at radius 3 is 2.22 bits per heavy atom. The molecule has 10 nitrogen and oxygen atoms in total. The molecule has 248 valence electrons. The van der Waals surface area contributed by atoms with Crippen LogP contribution in [0.15, 0.2) is 48.0 Å². The quantitative estimate of drug-likeness (QED) is 0.180. The lowest BCUT2D eigenvalue weighted by Gasteiger charge is -2.37. The smallest absolute Gasteiger partial charge is 0.306 e. The number of carboxylic acid groups (broad SMARTS) is 1. The predicted octanol–water partition coefficient (Wildman–Crippen LogP) is 5.61. The van der Waals surface area contributed by atoms with Gasteiger partial charge in [-0.2, -0.15) is 0 Å². The second-order valence-electron chi connectivity index (χ2n) is 12.3. The van der Waals surface area contributed by atoms with E-state index < -0.39 is 36.0 Å². The molecule has 0 saturated carbocycles. The average Bonchev–Trinajstić information content (AvgIpc) is 3.47. The molecule has 0 fully saturated rings. The minimum absolute atomic E-state index is 0.0442. The highest BCUT2D eigenvalue weighted by atomic mass is 32.1. The number of thiazole rings is 1. The van der Waals surface area contributed by atoms with Gasteiger partial charge in [-0.3, -0.25) is 19.2 Å². The maximum absolute atomic E-state index is 13.7. The number of nitrogens with one attached hydrogen (secondary N) is 2. The van der Waals surface area contributed by atoms with Gasteiger partial charge in [0.25, 0.3) is 5.91 Å². The number of benzene rings is 1. The molecule has 0 radical (unpaired) electrons. The fourth-order valence-electron chi connectivity index (χ4n) is 5.24.